The number of aliphatic hydroxyl groups excluding tert-OH is 1. The van der Waals surface area contributed by atoms with Crippen LogP contribution in [0.1, 0.15) is 30.9 Å². The molecular formula is C17H25NO4S. The molecule has 0 unspecified atom stereocenters. The zero-order valence-corrected chi connectivity index (χ0v) is 14.3. The lowest BCUT2D eigenvalue weighted by atomic mass is 9.99. The van der Waals surface area contributed by atoms with E-state index in [2.05, 4.69) is 11.0 Å². The van der Waals surface area contributed by atoms with Crippen LogP contribution in [-0.4, -0.2) is 56.2 Å². The summed E-state index contributed by atoms with van der Waals surface area (Å²) in [4.78, 5) is 2.31. The highest BCUT2D eigenvalue weighted by Crippen LogP contribution is 2.35. The number of methoxy groups -OCH3 is 1. The van der Waals surface area contributed by atoms with Crippen LogP contribution in [-0.2, 0) is 9.84 Å². The first-order chi connectivity index (χ1) is 11.0. The van der Waals surface area contributed by atoms with Crippen LogP contribution in [0.15, 0.2) is 24.3 Å². The first-order valence-corrected chi connectivity index (χ1v) is 10.1. The third-order valence-electron chi connectivity index (χ3n) is 5.03. The highest BCUT2D eigenvalue weighted by atomic mass is 32.2. The van der Waals surface area contributed by atoms with E-state index >= 15 is 0 Å². The third kappa shape index (κ3) is 4.05. The van der Waals surface area contributed by atoms with Crippen LogP contribution in [0, 0.1) is 5.92 Å². The fourth-order valence-electron chi connectivity index (χ4n) is 3.73. The quantitative estimate of drug-likeness (QED) is 0.903. The Labute approximate surface area is 138 Å². The van der Waals surface area contributed by atoms with Gasteiger partial charge in [0.2, 0.25) is 0 Å². The zero-order valence-electron chi connectivity index (χ0n) is 13.5. The minimum absolute atomic E-state index is 0.179. The first-order valence-electron chi connectivity index (χ1n) is 8.23. The van der Waals surface area contributed by atoms with Gasteiger partial charge in [0.1, 0.15) is 15.6 Å². The third-order valence-corrected chi connectivity index (χ3v) is 6.74. The molecule has 0 amide bonds. The van der Waals surface area contributed by atoms with Crippen molar-refractivity contribution < 1.29 is 18.3 Å². The number of benzene rings is 1. The number of likely N-dealkylation sites (tertiary alicyclic amines) is 1. The van der Waals surface area contributed by atoms with Crippen molar-refractivity contribution in [1.29, 1.82) is 0 Å². The van der Waals surface area contributed by atoms with Gasteiger partial charge in [-0.05, 0) is 42.9 Å². The number of hydrogen-bond acceptors (Lipinski definition) is 5. The molecular weight excluding hydrogens is 314 g/mol. The normalized spacial score (nSPS) is 28.8. The van der Waals surface area contributed by atoms with E-state index in [-0.39, 0.29) is 12.1 Å². The molecule has 5 nitrogen and oxygen atoms in total. The van der Waals surface area contributed by atoms with Gasteiger partial charge in [0.05, 0.1) is 24.7 Å². The lowest BCUT2D eigenvalue weighted by Crippen LogP contribution is -2.34. The van der Waals surface area contributed by atoms with Gasteiger partial charge in [0, 0.05) is 19.1 Å². The van der Waals surface area contributed by atoms with Crippen LogP contribution in [0.2, 0.25) is 0 Å². The van der Waals surface area contributed by atoms with E-state index in [0.29, 0.717) is 24.0 Å². The van der Waals surface area contributed by atoms with E-state index in [1.165, 1.54) is 0 Å². The molecule has 128 valence electrons. The maximum absolute atomic E-state index is 11.6. The van der Waals surface area contributed by atoms with Gasteiger partial charge < -0.3 is 9.84 Å². The van der Waals surface area contributed by atoms with E-state index in [1.807, 2.05) is 18.2 Å². The summed E-state index contributed by atoms with van der Waals surface area (Å²) >= 11 is 0. The molecule has 3 rings (SSSR count). The molecule has 2 saturated heterocycles. The van der Waals surface area contributed by atoms with Crippen molar-refractivity contribution in [2.45, 2.75) is 31.4 Å². The van der Waals surface area contributed by atoms with E-state index < -0.39 is 9.84 Å². The summed E-state index contributed by atoms with van der Waals surface area (Å²) in [6.07, 6.45) is 1.87. The number of hydrogen-bond donors (Lipinski definition) is 1. The summed E-state index contributed by atoms with van der Waals surface area (Å²) in [5.41, 5.74) is 1.16. The van der Waals surface area contributed by atoms with Crippen LogP contribution in [0.3, 0.4) is 0 Å². The molecule has 0 aromatic heterocycles. The molecule has 6 heteroatoms. The highest BCUT2D eigenvalue weighted by Gasteiger charge is 2.34. The Bertz CT molecular complexity index is 632. The van der Waals surface area contributed by atoms with E-state index in [0.717, 1.165) is 37.1 Å². The standard InChI is InChI=1S/C17H25NO4S/c1-22-16-4-2-3-14(9-16)17-10-15(19)12-18(17)11-13-5-7-23(20,21)8-6-13/h2-4,9,13,15,17,19H,5-8,10-12H2,1H3/t15-,17-/m1/s1. The SMILES string of the molecule is COc1cccc([C@H]2C[C@@H](O)CN2CC2CCS(=O)(=O)CC2)c1. The Morgan fingerprint density at radius 2 is 2.04 bits per heavy atom. The first kappa shape index (κ1) is 16.7. The van der Waals surface area contributed by atoms with Crippen molar-refractivity contribution in [1.82, 2.24) is 4.90 Å². The Hall–Kier alpha value is -1.11. The van der Waals surface area contributed by atoms with E-state index in [9.17, 15) is 13.5 Å². The van der Waals surface area contributed by atoms with E-state index in [1.54, 1.807) is 7.11 Å². The van der Waals surface area contributed by atoms with Gasteiger partial charge in [-0.15, -0.1) is 0 Å². The van der Waals surface area contributed by atoms with Gasteiger partial charge in [0.15, 0.2) is 0 Å². The van der Waals surface area contributed by atoms with Gasteiger partial charge in [-0.1, -0.05) is 12.1 Å². The molecule has 0 saturated carbocycles. The Kier molecular flexibility index (Phi) is 4.94. The number of β-amino-alcohol motifs (C(OH)–C–C–N with tert-alkyl or cyclic N) is 1. The molecule has 1 aromatic carbocycles. The minimum Gasteiger partial charge on any atom is -0.497 e. The Balaban J connectivity index is 1.70. The van der Waals surface area contributed by atoms with Gasteiger partial charge in [-0.25, -0.2) is 8.42 Å². The molecule has 0 bridgehead atoms. The molecule has 0 aliphatic carbocycles. The van der Waals surface area contributed by atoms with Gasteiger partial charge in [-0.3, -0.25) is 4.90 Å². The molecule has 1 N–H and O–H groups in total. The van der Waals surface area contributed by atoms with Crippen LogP contribution in [0.25, 0.3) is 0 Å². The number of aliphatic hydroxyl groups is 1. The summed E-state index contributed by atoms with van der Waals surface area (Å²) in [6, 6.07) is 8.18. The second-order valence-electron chi connectivity index (χ2n) is 6.73. The molecule has 2 aliphatic rings. The largest absolute Gasteiger partial charge is 0.497 e. The summed E-state index contributed by atoms with van der Waals surface area (Å²) < 4.78 is 28.5. The second kappa shape index (κ2) is 6.79. The minimum atomic E-state index is -2.82. The van der Waals surface area contributed by atoms with Crippen molar-refractivity contribution in [3.05, 3.63) is 29.8 Å². The molecule has 2 heterocycles. The molecule has 2 aliphatic heterocycles. The van der Waals surface area contributed by atoms with Gasteiger partial charge >= 0.3 is 0 Å². The van der Waals surface area contributed by atoms with E-state index in [4.69, 9.17) is 4.74 Å². The molecule has 23 heavy (non-hydrogen) atoms. The van der Waals surface area contributed by atoms with Crippen LogP contribution in [0.5, 0.6) is 5.75 Å². The smallest absolute Gasteiger partial charge is 0.150 e. The van der Waals surface area contributed by atoms with Gasteiger partial charge in [0.25, 0.3) is 0 Å². The topological polar surface area (TPSA) is 66.8 Å². The monoisotopic (exact) mass is 339 g/mol. The van der Waals surface area contributed by atoms with Crippen LogP contribution in [0.4, 0.5) is 0 Å². The highest BCUT2D eigenvalue weighted by molar-refractivity contribution is 7.91. The average Bonchev–Trinajstić information content (AvgIpc) is 2.90. The van der Waals surface area contributed by atoms with Crippen LogP contribution < -0.4 is 4.74 Å². The van der Waals surface area contributed by atoms with Crippen molar-refractivity contribution in [2.75, 3.05) is 31.7 Å². The summed E-state index contributed by atoms with van der Waals surface area (Å²) in [5.74, 6) is 1.83. The predicted octanol–water partition coefficient (Wildman–Crippen LogP) is 1.63. The maximum atomic E-state index is 11.6. The Morgan fingerprint density at radius 1 is 1.30 bits per heavy atom. The number of nitrogens with zero attached hydrogens (tertiary/aromatic N) is 1. The fraction of sp³-hybridized carbons (Fsp3) is 0.647. The summed E-state index contributed by atoms with van der Waals surface area (Å²) in [7, 11) is -1.16. The summed E-state index contributed by atoms with van der Waals surface area (Å²) in [5, 5.41) is 10.1. The van der Waals surface area contributed by atoms with Crippen molar-refractivity contribution in [2.24, 2.45) is 5.92 Å². The molecule has 1 aromatic rings. The average molecular weight is 339 g/mol. The lowest BCUT2D eigenvalue weighted by molar-refractivity contribution is 0.163. The number of sulfone groups is 1. The zero-order chi connectivity index (χ0) is 16.4. The van der Waals surface area contributed by atoms with Crippen molar-refractivity contribution >= 4 is 9.84 Å². The number of rotatable bonds is 4. The lowest BCUT2D eigenvalue weighted by Gasteiger charge is -2.31. The van der Waals surface area contributed by atoms with Gasteiger partial charge in [-0.2, -0.15) is 0 Å². The van der Waals surface area contributed by atoms with Crippen molar-refractivity contribution in [3.63, 3.8) is 0 Å². The second-order valence-corrected chi connectivity index (χ2v) is 9.03. The fourth-order valence-corrected chi connectivity index (χ4v) is 5.32. The number of ether oxygens (including phenoxy) is 1. The maximum Gasteiger partial charge on any atom is 0.150 e. The van der Waals surface area contributed by atoms with Crippen LogP contribution >= 0.6 is 0 Å². The molecule has 0 radical (unpaired) electrons. The Morgan fingerprint density at radius 3 is 2.74 bits per heavy atom. The summed E-state index contributed by atoms with van der Waals surface area (Å²) in [6.45, 7) is 1.51. The predicted molar refractivity (Wildman–Crippen MR) is 89.3 cm³/mol. The van der Waals surface area contributed by atoms with Crippen molar-refractivity contribution in [3.8, 4) is 5.75 Å². The molecule has 2 atom stereocenters. The molecule has 2 fully saturated rings. The molecule has 0 spiro atoms.